The molecule has 0 aromatic rings. The zero-order valence-electron chi connectivity index (χ0n) is 19.0. The van der Waals surface area contributed by atoms with E-state index in [2.05, 4.69) is 5.32 Å². The van der Waals surface area contributed by atoms with Gasteiger partial charge in [-0.25, -0.2) is 9.59 Å². The van der Waals surface area contributed by atoms with Crippen molar-refractivity contribution in [3.05, 3.63) is 0 Å². The van der Waals surface area contributed by atoms with Gasteiger partial charge in [-0.05, 0) is 41.5 Å². The Morgan fingerprint density at radius 3 is 1.59 bits per heavy atom. The van der Waals surface area contributed by atoms with E-state index in [9.17, 15) is 28.8 Å². The Balaban J connectivity index is 0. The molecule has 0 saturated carbocycles. The molecule has 0 spiro atoms. The standard InChI is InChI=1S/C9H17N3O4.C9H15NO6/c1-9(2,3)16-8(15)12-7(14)5-11-4-6(10)13;1-9(2,3)16-8(15)10(4-6(11)12)5-7(13)14/h11H,4-5H2,1-3H3,(H2,10,13)(H,12,14,15);4-5H2,1-3H3,(H,11,12)(H,13,14). The first-order valence-electron chi connectivity index (χ1n) is 9.25. The van der Waals surface area contributed by atoms with Crippen molar-refractivity contribution in [2.45, 2.75) is 52.7 Å². The number of nitrogens with two attached hydrogens (primary N) is 1. The summed E-state index contributed by atoms with van der Waals surface area (Å²) in [4.78, 5) is 65.4. The maximum absolute atomic E-state index is 11.4. The van der Waals surface area contributed by atoms with E-state index in [1.807, 2.05) is 5.32 Å². The molecule has 0 bridgehead atoms. The van der Waals surface area contributed by atoms with Crippen molar-refractivity contribution in [1.82, 2.24) is 15.5 Å². The van der Waals surface area contributed by atoms with E-state index in [0.717, 1.165) is 0 Å². The minimum absolute atomic E-state index is 0.123. The maximum Gasteiger partial charge on any atom is 0.414 e. The Morgan fingerprint density at radius 1 is 0.812 bits per heavy atom. The number of carboxylic acid groups (broad SMARTS) is 2. The van der Waals surface area contributed by atoms with Crippen LogP contribution in [0.4, 0.5) is 9.59 Å². The van der Waals surface area contributed by atoms with E-state index in [4.69, 9.17) is 25.4 Å². The van der Waals surface area contributed by atoms with Gasteiger partial charge in [-0.1, -0.05) is 0 Å². The topological polar surface area (TPSA) is 215 Å². The number of imide groups is 1. The first-order chi connectivity index (χ1) is 14.3. The first kappa shape index (κ1) is 30.8. The second-order valence-corrected chi connectivity index (χ2v) is 8.24. The van der Waals surface area contributed by atoms with Crippen molar-refractivity contribution in [3.63, 3.8) is 0 Å². The summed E-state index contributed by atoms with van der Waals surface area (Å²) in [7, 11) is 0. The molecule has 0 heterocycles. The Kier molecular flexibility index (Phi) is 13.3. The van der Waals surface area contributed by atoms with Gasteiger partial charge in [-0.15, -0.1) is 0 Å². The zero-order valence-corrected chi connectivity index (χ0v) is 19.0. The number of carboxylic acids is 2. The number of primary amides is 1. The Labute approximate surface area is 185 Å². The molecule has 0 fully saturated rings. The fourth-order valence-electron chi connectivity index (χ4n) is 1.60. The summed E-state index contributed by atoms with van der Waals surface area (Å²) in [6.07, 6.45) is -1.78. The zero-order chi connectivity index (χ0) is 25.7. The second kappa shape index (κ2) is 13.8. The molecule has 14 heteroatoms. The largest absolute Gasteiger partial charge is 0.480 e. The van der Waals surface area contributed by atoms with Crippen LogP contribution in [0.25, 0.3) is 0 Å². The number of amides is 4. The highest BCUT2D eigenvalue weighted by atomic mass is 16.6. The summed E-state index contributed by atoms with van der Waals surface area (Å²) in [5.41, 5.74) is 3.38. The van der Waals surface area contributed by atoms with Gasteiger partial charge in [-0.3, -0.25) is 34.7 Å². The molecule has 0 radical (unpaired) electrons. The molecule has 0 aromatic carbocycles. The van der Waals surface area contributed by atoms with Crippen LogP contribution in [0, 0.1) is 0 Å². The molecule has 0 aliphatic heterocycles. The van der Waals surface area contributed by atoms with Gasteiger partial charge in [0.1, 0.15) is 24.3 Å². The Bertz CT molecular complexity index is 679. The van der Waals surface area contributed by atoms with E-state index >= 15 is 0 Å². The van der Waals surface area contributed by atoms with E-state index in [0.29, 0.717) is 4.90 Å². The molecule has 0 rings (SSSR count). The lowest BCUT2D eigenvalue weighted by atomic mass is 10.2. The highest BCUT2D eigenvalue weighted by molar-refractivity contribution is 5.93. The highest BCUT2D eigenvalue weighted by Crippen LogP contribution is 2.09. The summed E-state index contributed by atoms with van der Waals surface area (Å²) < 4.78 is 9.71. The minimum Gasteiger partial charge on any atom is -0.480 e. The number of ether oxygens (including phenoxy) is 2. The van der Waals surface area contributed by atoms with Gasteiger partial charge in [0, 0.05) is 0 Å². The van der Waals surface area contributed by atoms with E-state index in [1.54, 1.807) is 41.5 Å². The number of nitrogens with one attached hydrogen (secondary N) is 2. The summed E-state index contributed by atoms with van der Waals surface area (Å²) in [6, 6.07) is 0. The lowest BCUT2D eigenvalue weighted by molar-refractivity contribution is -0.141. The summed E-state index contributed by atoms with van der Waals surface area (Å²) in [6.45, 7) is 8.14. The van der Waals surface area contributed by atoms with Crippen LogP contribution in [0.15, 0.2) is 0 Å². The Morgan fingerprint density at radius 2 is 1.25 bits per heavy atom. The summed E-state index contributed by atoms with van der Waals surface area (Å²) in [5, 5.41) is 21.5. The lowest BCUT2D eigenvalue weighted by Crippen LogP contribution is -2.42. The van der Waals surface area contributed by atoms with Crippen molar-refractivity contribution in [3.8, 4) is 0 Å². The summed E-state index contributed by atoms with van der Waals surface area (Å²) in [5.74, 6) is -3.76. The van der Waals surface area contributed by atoms with Gasteiger partial charge in [-0.2, -0.15) is 0 Å². The third-order valence-electron chi connectivity index (χ3n) is 2.53. The number of aliphatic carboxylic acids is 2. The number of carbonyl (C=O) groups excluding carboxylic acids is 4. The number of nitrogens with zero attached hydrogens (tertiary/aromatic N) is 1. The van der Waals surface area contributed by atoms with Crippen LogP contribution in [0.1, 0.15) is 41.5 Å². The van der Waals surface area contributed by atoms with Crippen molar-refractivity contribution in [2.24, 2.45) is 5.73 Å². The molecule has 184 valence electrons. The molecule has 0 aliphatic rings. The average Bonchev–Trinajstić information content (AvgIpc) is 2.49. The van der Waals surface area contributed by atoms with Gasteiger partial charge in [0.15, 0.2) is 0 Å². The predicted molar refractivity (Wildman–Crippen MR) is 110 cm³/mol. The normalized spacial score (nSPS) is 10.7. The molecule has 32 heavy (non-hydrogen) atoms. The van der Waals surface area contributed by atoms with Crippen LogP contribution in [-0.2, 0) is 28.7 Å². The average molecular weight is 464 g/mol. The third-order valence-corrected chi connectivity index (χ3v) is 2.53. The molecule has 0 unspecified atom stereocenters. The van der Waals surface area contributed by atoms with Crippen molar-refractivity contribution >= 4 is 35.9 Å². The van der Waals surface area contributed by atoms with Crippen molar-refractivity contribution in [2.75, 3.05) is 26.2 Å². The van der Waals surface area contributed by atoms with Crippen LogP contribution in [-0.4, -0.2) is 88.4 Å². The molecular weight excluding hydrogens is 432 g/mol. The third kappa shape index (κ3) is 21.3. The number of carbonyl (C=O) groups is 6. The fraction of sp³-hybridized carbons (Fsp3) is 0.667. The van der Waals surface area contributed by atoms with Gasteiger partial charge in [0.2, 0.25) is 11.8 Å². The molecular formula is C18H32N4O10. The molecule has 14 nitrogen and oxygen atoms in total. The van der Waals surface area contributed by atoms with Crippen LogP contribution >= 0.6 is 0 Å². The maximum atomic E-state index is 11.4. The molecule has 0 saturated heterocycles. The molecule has 0 atom stereocenters. The number of hydrogen-bond acceptors (Lipinski definition) is 9. The smallest absolute Gasteiger partial charge is 0.414 e. The van der Waals surface area contributed by atoms with Crippen molar-refractivity contribution < 1.29 is 48.5 Å². The number of rotatable bonds is 8. The molecule has 0 aliphatic carbocycles. The van der Waals surface area contributed by atoms with Gasteiger partial charge < -0.3 is 25.4 Å². The summed E-state index contributed by atoms with van der Waals surface area (Å²) >= 11 is 0. The molecule has 4 amide bonds. The van der Waals surface area contributed by atoms with Gasteiger partial charge >= 0.3 is 24.1 Å². The SMILES string of the molecule is CC(C)(C)OC(=O)N(CC(=O)O)CC(=O)O.CC(C)(C)OC(=O)NC(=O)CNCC(N)=O. The quantitative estimate of drug-likeness (QED) is 0.309. The number of hydrogen-bond donors (Lipinski definition) is 5. The van der Waals surface area contributed by atoms with Crippen molar-refractivity contribution in [1.29, 1.82) is 0 Å². The predicted octanol–water partition coefficient (Wildman–Crippen LogP) is -0.495. The fourth-order valence-corrected chi connectivity index (χ4v) is 1.60. The molecule has 0 aromatic heterocycles. The van der Waals surface area contributed by atoms with E-state index < -0.39 is 60.2 Å². The molecule has 6 N–H and O–H groups in total. The van der Waals surface area contributed by atoms with Crippen LogP contribution in [0.5, 0.6) is 0 Å². The van der Waals surface area contributed by atoms with Crippen LogP contribution in [0.3, 0.4) is 0 Å². The van der Waals surface area contributed by atoms with Gasteiger partial charge in [0.25, 0.3) is 0 Å². The monoisotopic (exact) mass is 464 g/mol. The minimum atomic E-state index is -1.30. The van der Waals surface area contributed by atoms with Crippen LogP contribution in [0.2, 0.25) is 0 Å². The Hall–Kier alpha value is -3.42. The van der Waals surface area contributed by atoms with E-state index in [-0.39, 0.29) is 13.1 Å². The first-order valence-corrected chi connectivity index (χ1v) is 9.25. The van der Waals surface area contributed by atoms with E-state index in [1.165, 1.54) is 0 Å². The van der Waals surface area contributed by atoms with Gasteiger partial charge in [0.05, 0.1) is 13.1 Å². The highest BCUT2D eigenvalue weighted by Gasteiger charge is 2.25. The second-order valence-electron chi connectivity index (χ2n) is 8.24. The number of alkyl carbamates (subject to hydrolysis) is 1. The lowest BCUT2D eigenvalue weighted by Gasteiger charge is -2.25. The van der Waals surface area contributed by atoms with Crippen LogP contribution < -0.4 is 16.4 Å².